The number of ether oxygens (including phenoxy) is 1. The lowest BCUT2D eigenvalue weighted by atomic mass is 10.2. The summed E-state index contributed by atoms with van der Waals surface area (Å²) in [4.78, 5) is 11.4. The fourth-order valence-corrected chi connectivity index (χ4v) is 1.35. The Morgan fingerprint density at radius 1 is 1.71 bits per heavy atom. The number of halogens is 2. The van der Waals surface area contributed by atoms with Gasteiger partial charge >= 0.3 is 5.97 Å². The molecule has 0 saturated carbocycles. The first kappa shape index (κ1) is 19.1. The number of aliphatic carboxylic acids is 1. The van der Waals surface area contributed by atoms with E-state index in [1.165, 1.54) is 6.42 Å². The lowest BCUT2D eigenvalue weighted by Crippen LogP contribution is -2.16. The van der Waals surface area contributed by atoms with Crippen LogP contribution in [0.2, 0.25) is 0 Å². The van der Waals surface area contributed by atoms with Gasteiger partial charge in [0.1, 0.15) is 0 Å². The number of hydrogen-bond donors (Lipinski definition) is 1. The molecule has 0 aliphatic carbocycles. The molecule has 102 valence electrons. The second-order valence-corrected chi connectivity index (χ2v) is 4.44. The third-order valence-electron chi connectivity index (χ3n) is 2.02. The van der Waals surface area contributed by atoms with Crippen molar-refractivity contribution in [1.82, 2.24) is 4.90 Å². The van der Waals surface area contributed by atoms with Crippen LogP contribution in [0.1, 0.15) is 12.8 Å². The van der Waals surface area contributed by atoms with Crippen LogP contribution in [-0.2, 0) is 9.53 Å². The molecular formula is C11H21Cl2NO3. The van der Waals surface area contributed by atoms with Crippen LogP contribution in [0, 0.1) is 0 Å². The summed E-state index contributed by atoms with van der Waals surface area (Å²) >= 11 is 6.02. The van der Waals surface area contributed by atoms with Gasteiger partial charge in [0.25, 0.3) is 0 Å². The van der Waals surface area contributed by atoms with Crippen LogP contribution in [0.25, 0.3) is 0 Å². The zero-order valence-corrected chi connectivity index (χ0v) is 11.8. The number of carbonyl (C=O) groups is 1. The fourth-order valence-electron chi connectivity index (χ4n) is 1.05. The topological polar surface area (TPSA) is 53.1 Å². The van der Waals surface area contributed by atoms with E-state index in [-0.39, 0.29) is 17.8 Å². The molecule has 0 radical (unpaired) electrons. The fraction of sp³-hybridized carbons (Fsp3) is 0.727. The molecule has 1 rings (SSSR count). The van der Waals surface area contributed by atoms with Crippen molar-refractivity contribution in [2.75, 3.05) is 27.2 Å². The smallest absolute Gasteiger partial charge is 0.327 e. The molecule has 0 aromatic heterocycles. The molecule has 6 heteroatoms. The van der Waals surface area contributed by atoms with Crippen LogP contribution < -0.4 is 0 Å². The van der Waals surface area contributed by atoms with Gasteiger partial charge in [0.05, 0.1) is 18.1 Å². The van der Waals surface area contributed by atoms with Crippen molar-refractivity contribution >= 4 is 30.0 Å². The van der Waals surface area contributed by atoms with E-state index >= 15 is 0 Å². The van der Waals surface area contributed by atoms with Gasteiger partial charge in [-0.05, 0) is 33.5 Å². The Kier molecular flexibility index (Phi) is 12.2. The molecule has 17 heavy (non-hydrogen) atoms. The monoisotopic (exact) mass is 285 g/mol. The van der Waals surface area contributed by atoms with Gasteiger partial charge in [0, 0.05) is 6.08 Å². The van der Waals surface area contributed by atoms with Gasteiger partial charge in [0.2, 0.25) is 0 Å². The van der Waals surface area contributed by atoms with Gasteiger partial charge in [0.15, 0.2) is 0 Å². The standard InChI is InChI=1S/C8H16ClNO.C3H4O2.ClH/c1-10(2)5-3-4-7(9)8-6-11-8;1-2-3(4)5;/h7-8H,3-6H2,1-2H3;2H,1H2,(H,4,5);1H. The second-order valence-electron chi connectivity index (χ2n) is 3.88. The van der Waals surface area contributed by atoms with E-state index in [0.717, 1.165) is 25.6 Å². The molecule has 1 aliphatic heterocycles. The van der Waals surface area contributed by atoms with E-state index in [1.807, 2.05) is 0 Å². The molecule has 1 aliphatic rings. The SMILES string of the molecule is C=CC(=O)O.CN(C)CCCC(Cl)C1CO1.Cl. The first-order valence-electron chi connectivity index (χ1n) is 5.23. The Morgan fingerprint density at radius 3 is 2.47 bits per heavy atom. The quantitative estimate of drug-likeness (QED) is 0.461. The number of carboxylic acid groups (broad SMARTS) is 1. The maximum atomic E-state index is 9.25. The molecule has 1 fully saturated rings. The third kappa shape index (κ3) is 13.6. The van der Waals surface area contributed by atoms with Crippen LogP contribution >= 0.6 is 24.0 Å². The summed E-state index contributed by atoms with van der Waals surface area (Å²) in [7, 11) is 4.16. The molecular weight excluding hydrogens is 265 g/mol. The van der Waals surface area contributed by atoms with Gasteiger partial charge in [-0.25, -0.2) is 4.79 Å². The molecule has 1 saturated heterocycles. The van der Waals surface area contributed by atoms with E-state index in [4.69, 9.17) is 21.4 Å². The van der Waals surface area contributed by atoms with Crippen LogP contribution in [0.15, 0.2) is 12.7 Å². The summed E-state index contributed by atoms with van der Waals surface area (Å²) < 4.78 is 5.08. The summed E-state index contributed by atoms with van der Waals surface area (Å²) in [6.07, 6.45) is 3.43. The zero-order valence-electron chi connectivity index (χ0n) is 10.3. The van der Waals surface area contributed by atoms with Crippen LogP contribution in [-0.4, -0.2) is 54.7 Å². The highest BCUT2D eigenvalue weighted by atomic mass is 35.5. The molecule has 0 aromatic carbocycles. The van der Waals surface area contributed by atoms with E-state index < -0.39 is 5.97 Å². The van der Waals surface area contributed by atoms with Crippen molar-refractivity contribution in [3.63, 3.8) is 0 Å². The number of epoxide rings is 1. The largest absolute Gasteiger partial charge is 0.478 e. The minimum Gasteiger partial charge on any atom is -0.478 e. The van der Waals surface area contributed by atoms with Crippen molar-refractivity contribution in [2.24, 2.45) is 0 Å². The minimum absolute atomic E-state index is 0. The lowest BCUT2D eigenvalue weighted by molar-refractivity contribution is -0.131. The van der Waals surface area contributed by atoms with Crippen LogP contribution in [0.3, 0.4) is 0 Å². The molecule has 1 heterocycles. The first-order chi connectivity index (χ1) is 7.47. The Bertz CT molecular complexity index is 221. The van der Waals surface area contributed by atoms with Crippen LogP contribution in [0.4, 0.5) is 0 Å². The Labute approximate surface area is 114 Å². The average Bonchev–Trinajstić information content (AvgIpc) is 3.01. The molecule has 0 aromatic rings. The normalized spacial score (nSPS) is 18.5. The third-order valence-corrected chi connectivity index (χ3v) is 2.52. The maximum Gasteiger partial charge on any atom is 0.327 e. The molecule has 2 unspecified atom stereocenters. The number of alkyl halides is 1. The second kappa shape index (κ2) is 10.8. The Morgan fingerprint density at radius 2 is 2.18 bits per heavy atom. The molecule has 4 nitrogen and oxygen atoms in total. The molecule has 2 atom stereocenters. The van der Waals surface area contributed by atoms with Crippen molar-refractivity contribution in [1.29, 1.82) is 0 Å². The van der Waals surface area contributed by atoms with Crippen LogP contribution in [0.5, 0.6) is 0 Å². The van der Waals surface area contributed by atoms with Gasteiger partial charge in [-0.15, -0.1) is 24.0 Å². The Hall–Kier alpha value is -0.290. The molecule has 0 spiro atoms. The predicted molar refractivity (Wildman–Crippen MR) is 72.2 cm³/mol. The summed E-state index contributed by atoms with van der Waals surface area (Å²) in [6, 6.07) is 0. The summed E-state index contributed by atoms with van der Waals surface area (Å²) in [5.74, 6) is -0.981. The summed E-state index contributed by atoms with van der Waals surface area (Å²) in [6.45, 7) is 4.95. The number of carboxylic acids is 1. The number of hydrogen-bond acceptors (Lipinski definition) is 3. The van der Waals surface area contributed by atoms with E-state index in [0.29, 0.717) is 6.10 Å². The van der Waals surface area contributed by atoms with Gasteiger partial charge in [-0.3, -0.25) is 0 Å². The molecule has 0 amide bonds. The number of nitrogens with zero attached hydrogens (tertiary/aromatic N) is 1. The van der Waals surface area contributed by atoms with Crippen molar-refractivity contribution in [2.45, 2.75) is 24.3 Å². The molecule has 0 bridgehead atoms. The van der Waals surface area contributed by atoms with E-state index in [9.17, 15) is 4.79 Å². The Balaban J connectivity index is 0. The highest BCUT2D eigenvalue weighted by Crippen LogP contribution is 2.22. The van der Waals surface area contributed by atoms with Gasteiger partial charge in [-0.2, -0.15) is 0 Å². The summed E-state index contributed by atoms with van der Waals surface area (Å²) in [5.41, 5.74) is 0. The average molecular weight is 286 g/mol. The first-order valence-corrected chi connectivity index (χ1v) is 5.66. The van der Waals surface area contributed by atoms with Gasteiger partial charge < -0.3 is 14.7 Å². The van der Waals surface area contributed by atoms with Crippen molar-refractivity contribution in [3.8, 4) is 0 Å². The maximum absolute atomic E-state index is 9.25. The molecule has 1 N–H and O–H groups in total. The minimum atomic E-state index is -0.981. The lowest BCUT2D eigenvalue weighted by Gasteiger charge is -2.10. The van der Waals surface area contributed by atoms with E-state index in [2.05, 4.69) is 25.6 Å². The van der Waals surface area contributed by atoms with Crippen molar-refractivity contribution < 1.29 is 14.6 Å². The zero-order chi connectivity index (χ0) is 12.6. The highest BCUT2D eigenvalue weighted by Gasteiger charge is 2.30. The van der Waals surface area contributed by atoms with Crippen molar-refractivity contribution in [3.05, 3.63) is 12.7 Å². The van der Waals surface area contributed by atoms with Gasteiger partial charge in [-0.1, -0.05) is 6.58 Å². The summed E-state index contributed by atoms with van der Waals surface area (Å²) in [5, 5.41) is 7.85. The predicted octanol–water partition coefficient (Wildman–Crippen LogP) is 2.01. The number of rotatable bonds is 6. The van der Waals surface area contributed by atoms with E-state index in [1.54, 1.807) is 0 Å². The highest BCUT2D eigenvalue weighted by molar-refractivity contribution is 6.21.